The lowest BCUT2D eigenvalue weighted by atomic mass is 10.0. The van der Waals surface area contributed by atoms with Gasteiger partial charge in [0.15, 0.2) is 0 Å². The van der Waals surface area contributed by atoms with Gasteiger partial charge in [0.1, 0.15) is 0 Å². The van der Waals surface area contributed by atoms with Crippen LogP contribution in [0.25, 0.3) is 0 Å². The number of carbonyl (C=O) groups excluding carboxylic acids is 1. The molecule has 0 saturated heterocycles. The molecule has 0 unspecified atom stereocenters. The molecule has 1 atom stereocenters. The third kappa shape index (κ3) is 7.31. The van der Waals surface area contributed by atoms with Crippen LogP contribution in [0.4, 0.5) is 0 Å². The highest BCUT2D eigenvalue weighted by Crippen LogP contribution is 2.06. The Balaban J connectivity index is 3.59. The zero-order valence-electron chi connectivity index (χ0n) is 8.17. The van der Waals surface area contributed by atoms with Crippen LogP contribution in [0.1, 0.15) is 33.1 Å². The summed E-state index contributed by atoms with van der Waals surface area (Å²) in [4.78, 5) is 21.4. The van der Waals surface area contributed by atoms with Gasteiger partial charge in [-0.2, -0.15) is 0 Å². The van der Waals surface area contributed by atoms with Crippen LogP contribution in [-0.4, -0.2) is 23.5 Å². The van der Waals surface area contributed by atoms with E-state index in [0.29, 0.717) is 13.0 Å². The first-order valence-corrected chi connectivity index (χ1v) is 4.54. The van der Waals surface area contributed by atoms with Crippen LogP contribution in [0.3, 0.4) is 0 Å². The van der Waals surface area contributed by atoms with Crippen LogP contribution >= 0.6 is 0 Å². The van der Waals surface area contributed by atoms with Crippen molar-refractivity contribution in [1.29, 1.82) is 0 Å². The van der Waals surface area contributed by atoms with Gasteiger partial charge < -0.3 is 10.4 Å². The van der Waals surface area contributed by atoms with E-state index in [-0.39, 0.29) is 18.2 Å². The zero-order chi connectivity index (χ0) is 10.3. The minimum Gasteiger partial charge on any atom is -0.481 e. The Kier molecular flexibility index (Phi) is 5.93. The Morgan fingerprint density at radius 2 is 2.00 bits per heavy atom. The first-order chi connectivity index (χ1) is 6.06. The van der Waals surface area contributed by atoms with E-state index < -0.39 is 5.97 Å². The summed E-state index contributed by atoms with van der Waals surface area (Å²) < 4.78 is 0. The Morgan fingerprint density at radius 3 is 2.46 bits per heavy atom. The van der Waals surface area contributed by atoms with Crippen molar-refractivity contribution < 1.29 is 14.7 Å². The molecule has 0 aliphatic carbocycles. The highest BCUT2D eigenvalue weighted by Gasteiger charge is 2.11. The molecule has 2 N–H and O–H groups in total. The molecule has 13 heavy (non-hydrogen) atoms. The molecule has 4 nitrogen and oxygen atoms in total. The second-order valence-electron chi connectivity index (χ2n) is 3.26. The number of hydrogen-bond acceptors (Lipinski definition) is 2. The zero-order valence-corrected chi connectivity index (χ0v) is 8.17. The lowest BCUT2D eigenvalue weighted by Gasteiger charge is -2.08. The Bertz CT molecular complexity index is 180. The Hall–Kier alpha value is -1.06. The van der Waals surface area contributed by atoms with Gasteiger partial charge in [-0.1, -0.05) is 13.8 Å². The van der Waals surface area contributed by atoms with Gasteiger partial charge >= 0.3 is 5.97 Å². The standard InChI is InChI=1S/C9H17NO3/c1-3-4-10-8(11)5-7(2)6-9(12)13/h7H,3-6H2,1-2H3,(H,10,11)(H,12,13)/t7-/m0/s1. The fraction of sp³-hybridized carbons (Fsp3) is 0.778. The molecule has 0 aliphatic heterocycles. The van der Waals surface area contributed by atoms with E-state index in [1.165, 1.54) is 0 Å². The molecule has 0 heterocycles. The molecule has 0 rings (SSSR count). The minimum absolute atomic E-state index is 0.0551. The van der Waals surface area contributed by atoms with Gasteiger partial charge in [0, 0.05) is 19.4 Å². The minimum atomic E-state index is -0.851. The predicted molar refractivity (Wildman–Crippen MR) is 49.3 cm³/mol. The van der Waals surface area contributed by atoms with Crippen molar-refractivity contribution in [1.82, 2.24) is 5.32 Å². The van der Waals surface area contributed by atoms with Crippen molar-refractivity contribution in [3.05, 3.63) is 0 Å². The van der Waals surface area contributed by atoms with Gasteiger partial charge in [-0.25, -0.2) is 0 Å². The molecule has 0 bridgehead atoms. The van der Waals surface area contributed by atoms with Crippen LogP contribution < -0.4 is 5.32 Å². The molecule has 0 aromatic rings. The molecule has 76 valence electrons. The summed E-state index contributed by atoms with van der Waals surface area (Å²) >= 11 is 0. The van der Waals surface area contributed by atoms with Crippen molar-refractivity contribution in [3.63, 3.8) is 0 Å². The van der Waals surface area contributed by atoms with E-state index in [9.17, 15) is 9.59 Å². The highest BCUT2D eigenvalue weighted by atomic mass is 16.4. The molecule has 1 amide bonds. The summed E-state index contributed by atoms with van der Waals surface area (Å²) in [7, 11) is 0. The summed E-state index contributed by atoms with van der Waals surface area (Å²) in [6.45, 7) is 4.40. The number of aliphatic carboxylic acids is 1. The third-order valence-electron chi connectivity index (χ3n) is 1.63. The highest BCUT2D eigenvalue weighted by molar-refractivity contribution is 5.77. The van der Waals surface area contributed by atoms with Crippen LogP contribution in [0.15, 0.2) is 0 Å². The van der Waals surface area contributed by atoms with E-state index in [4.69, 9.17) is 5.11 Å². The summed E-state index contributed by atoms with van der Waals surface area (Å²) in [6, 6.07) is 0. The molecule has 0 aliphatic rings. The number of carbonyl (C=O) groups is 2. The van der Waals surface area contributed by atoms with Gasteiger partial charge in [-0.05, 0) is 12.3 Å². The van der Waals surface area contributed by atoms with Gasteiger partial charge in [0.05, 0.1) is 0 Å². The average molecular weight is 187 g/mol. The quantitative estimate of drug-likeness (QED) is 0.652. The average Bonchev–Trinajstić information content (AvgIpc) is 1.98. The largest absolute Gasteiger partial charge is 0.481 e. The van der Waals surface area contributed by atoms with Crippen molar-refractivity contribution in [3.8, 4) is 0 Å². The maximum absolute atomic E-state index is 11.1. The van der Waals surface area contributed by atoms with E-state index in [2.05, 4.69) is 5.32 Å². The summed E-state index contributed by atoms with van der Waals surface area (Å²) in [5, 5.41) is 11.1. The molecule has 0 saturated carbocycles. The molecule has 0 spiro atoms. The van der Waals surface area contributed by atoms with E-state index in [0.717, 1.165) is 6.42 Å². The SMILES string of the molecule is CCCNC(=O)C[C@H](C)CC(=O)O. The van der Waals surface area contributed by atoms with Gasteiger partial charge in [0.2, 0.25) is 5.91 Å². The van der Waals surface area contributed by atoms with Crippen LogP contribution in [0, 0.1) is 5.92 Å². The summed E-state index contributed by atoms with van der Waals surface area (Å²) in [5.74, 6) is -0.999. The number of hydrogen-bond donors (Lipinski definition) is 2. The first-order valence-electron chi connectivity index (χ1n) is 4.54. The van der Waals surface area contributed by atoms with Crippen LogP contribution in [0.2, 0.25) is 0 Å². The normalized spacial score (nSPS) is 12.2. The van der Waals surface area contributed by atoms with Crippen molar-refractivity contribution in [2.75, 3.05) is 6.54 Å². The van der Waals surface area contributed by atoms with E-state index in [1.54, 1.807) is 6.92 Å². The van der Waals surface area contributed by atoms with E-state index >= 15 is 0 Å². The number of amides is 1. The topological polar surface area (TPSA) is 66.4 Å². The smallest absolute Gasteiger partial charge is 0.303 e. The molecule has 0 radical (unpaired) electrons. The van der Waals surface area contributed by atoms with Gasteiger partial charge in [-0.15, -0.1) is 0 Å². The van der Waals surface area contributed by atoms with Gasteiger partial charge in [-0.3, -0.25) is 9.59 Å². The van der Waals surface area contributed by atoms with Crippen molar-refractivity contribution in [2.45, 2.75) is 33.1 Å². The number of carboxylic acid groups (broad SMARTS) is 1. The second kappa shape index (κ2) is 6.46. The molecule has 0 aromatic heterocycles. The Morgan fingerprint density at radius 1 is 1.38 bits per heavy atom. The lowest BCUT2D eigenvalue weighted by Crippen LogP contribution is -2.26. The predicted octanol–water partition coefficient (Wildman–Crippen LogP) is 1.01. The summed E-state index contributed by atoms with van der Waals surface area (Å²) in [6.07, 6.45) is 1.25. The summed E-state index contributed by atoms with van der Waals surface area (Å²) in [5.41, 5.74) is 0. The third-order valence-corrected chi connectivity index (χ3v) is 1.63. The molecule has 4 heteroatoms. The second-order valence-corrected chi connectivity index (χ2v) is 3.26. The number of carboxylic acids is 1. The molecule has 0 aromatic carbocycles. The van der Waals surface area contributed by atoms with Gasteiger partial charge in [0.25, 0.3) is 0 Å². The fourth-order valence-corrected chi connectivity index (χ4v) is 1.02. The van der Waals surface area contributed by atoms with Crippen LogP contribution in [-0.2, 0) is 9.59 Å². The van der Waals surface area contributed by atoms with Crippen LogP contribution in [0.5, 0.6) is 0 Å². The molecular formula is C9H17NO3. The fourth-order valence-electron chi connectivity index (χ4n) is 1.02. The van der Waals surface area contributed by atoms with Crippen molar-refractivity contribution in [2.24, 2.45) is 5.92 Å². The maximum atomic E-state index is 11.1. The van der Waals surface area contributed by atoms with E-state index in [1.807, 2.05) is 6.92 Å². The number of nitrogens with one attached hydrogen (secondary N) is 1. The maximum Gasteiger partial charge on any atom is 0.303 e. The monoisotopic (exact) mass is 187 g/mol. The Labute approximate surface area is 78.3 Å². The molecule has 0 fully saturated rings. The first kappa shape index (κ1) is 11.9. The van der Waals surface area contributed by atoms with Crippen molar-refractivity contribution >= 4 is 11.9 Å². The number of rotatable bonds is 6. The lowest BCUT2D eigenvalue weighted by molar-refractivity contribution is -0.138. The molecular weight excluding hydrogens is 170 g/mol.